The summed E-state index contributed by atoms with van der Waals surface area (Å²) in [6.45, 7) is 3.19. The Bertz CT molecular complexity index is 590. The van der Waals surface area contributed by atoms with Crippen molar-refractivity contribution in [1.82, 2.24) is 4.98 Å². The van der Waals surface area contributed by atoms with Crippen molar-refractivity contribution in [2.75, 3.05) is 0 Å². The lowest BCUT2D eigenvalue weighted by Crippen LogP contribution is -2.07. The first-order valence-electron chi connectivity index (χ1n) is 4.98. The molecule has 17 heavy (non-hydrogen) atoms. The van der Waals surface area contributed by atoms with Crippen LogP contribution < -0.4 is 0 Å². The van der Waals surface area contributed by atoms with Crippen molar-refractivity contribution in [3.63, 3.8) is 0 Å². The van der Waals surface area contributed by atoms with Crippen LogP contribution in [-0.4, -0.2) is 10.1 Å². The highest BCUT2D eigenvalue weighted by atomic mass is 19.4. The van der Waals surface area contributed by atoms with Crippen molar-refractivity contribution < 1.29 is 18.3 Å². The molecule has 0 fully saturated rings. The normalized spacial score (nSPS) is 12.1. The van der Waals surface area contributed by atoms with Crippen LogP contribution in [-0.2, 0) is 6.18 Å². The Morgan fingerprint density at radius 2 is 1.82 bits per heavy atom. The van der Waals surface area contributed by atoms with Crippen molar-refractivity contribution in [3.05, 3.63) is 35.0 Å². The minimum Gasteiger partial charge on any atom is -0.507 e. The molecule has 0 aliphatic heterocycles. The number of benzene rings is 1. The minimum atomic E-state index is -4.47. The van der Waals surface area contributed by atoms with Crippen molar-refractivity contribution in [1.29, 1.82) is 0 Å². The summed E-state index contributed by atoms with van der Waals surface area (Å²) in [5.74, 6) is -0.140. The number of aromatic nitrogens is 1. The first-order chi connectivity index (χ1) is 7.82. The summed E-state index contributed by atoms with van der Waals surface area (Å²) in [5.41, 5.74) is -0.141. The van der Waals surface area contributed by atoms with Crippen LogP contribution in [0.2, 0.25) is 0 Å². The van der Waals surface area contributed by atoms with Gasteiger partial charge in [-0.15, -0.1) is 0 Å². The van der Waals surface area contributed by atoms with Gasteiger partial charge < -0.3 is 5.11 Å². The highest BCUT2D eigenvalue weighted by Gasteiger charge is 2.33. The van der Waals surface area contributed by atoms with Gasteiger partial charge in [-0.25, -0.2) is 0 Å². The molecule has 1 aromatic carbocycles. The third-order valence-corrected chi connectivity index (χ3v) is 2.77. The van der Waals surface area contributed by atoms with E-state index in [0.717, 1.165) is 6.07 Å². The Labute approximate surface area is 95.7 Å². The van der Waals surface area contributed by atoms with Gasteiger partial charge in [0.25, 0.3) is 0 Å². The van der Waals surface area contributed by atoms with Gasteiger partial charge in [-0.05, 0) is 26.0 Å². The molecule has 0 radical (unpaired) electrons. The summed E-state index contributed by atoms with van der Waals surface area (Å²) in [6, 6.07) is 3.66. The lowest BCUT2D eigenvalue weighted by Gasteiger charge is -2.12. The van der Waals surface area contributed by atoms with Crippen LogP contribution >= 0.6 is 0 Å². The number of fused-ring (bicyclic) bond motifs is 1. The lowest BCUT2D eigenvalue weighted by molar-refractivity contribution is -0.136. The smallest absolute Gasteiger partial charge is 0.418 e. The monoisotopic (exact) mass is 241 g/mol. The summed E-state index contributed by atoms with van der Waals surface area (Å²) >= 11 is 0. The molecule has 0 aliphatic rings. The summed E-state index contributed by atoms with van der Waals surface area (Å²) < 4.78 is 38.3. The van der Waals surface area contributed by atoms with Crippen LogP contribution in [0.5, 0.6) is 5.75 Å². The molecule has 5 heteroatoms. The second-order valence-corrected chi connectivity index (χ2v) is 3.87. The van der Waals surface area contributed by atoms with E-state index in [1.807, 2.05) is 0 Å². The predicted molar refractivity (Wildman–Crippen MR) is 57.9 cm³/mol. The van der Waals surface area contributed by atoms with E-state index < -0.39 is 11.7 Å². The van der Waals surface area contributed by atoms with E-state index in [1.165, 1.54) is 12.1 Å². The van der Waals surface area contributed by atoms with Crippen molar-refractivity contribution in [2.45, 2.75) is 20.0 Å². The number of hydrogen-bond donors (Lipinski definition) is 1. The number of aryl methyl sites for hydroxylation is 1. The van der Waals surface area contributed by atoms with Gasteiger partial charge in [-0.2, -0.15) is 13.2 Å². The van der Waals surface area contributed by atoms with E-state index in [2.05, 4.69) is 4.98 Å². The summed E-state index contributed by atoms with van der Waals surface area (Å²) in [7, 11) is 0. The van der Waals surface area contributed by atoms with Gasteiger partial charge in [0, 0.05) is 16.6 Å². The number of pyridine rings is 1. The van der Waals surface area contributed by atoms with Gasteiger partial charge in [-0.3, -0.25) is 4.98 Å². The first-order valence-corrected chi connectivity index (χ1v) is 4.98. The lowest BCUT2D eigenvalue weighted by atomic mass is 10.0. The van der Waals surface area contributed by atoms with Gasteiger partial charge in [0.1, 0.15) is 5.75 Å². The number of nitrogens with zero attached hydrogens (tertiary/aromatic N) is 1. The maximum Gasteiger partial charge on any atom is 0.418 e. The number of halogens is 3. The molecule has 2 nitrogen and oxygen atoms in total. The Hall–Kier alpha value is -1.78. The van der Waals surface area contributed by atoms with Crippen LogP contribution in [0.3, 0.4) is 0 Å². The highest BCUT2D eigenvalue weighted by Crippen LogP contribution is 2.37. The fourth-order valence-corrected chi connectivity index (χ4v) is 1.71. The quantitative estimate of drug-likeness (QED) is 0.764. The maximum atomic E-state index is 12.8. The Kier molecular flexibility index (Phi) is 2.49. The van der Waals surface area contributed by atoms with E-state index in [-0.39, 0.29) is 16.7 Å². The zero-order chi connectivity index (χ0) is 12.8. The van der Waals surface area contributed by atoms with Gasteiger partial charge in [-0.1, -0.05) is 6.07 Å². The Morgan fingerprint density at radius 3 is 2.41 bits per heavy atom. The number of hydrogen-bond acceptors (Lipinski definition) is 2. The number of aromatic hydroxyl groups is 1. The van der Waals surface area contributed by atoms with Crippen molar-refractivity contribution in [3.8, 4) is 5.75 Å². The van der Waals surface area contributed by atoms with Gasteiger partial charge in [0.15, 0.2) is 0 Å². The van der Waals surface area contributed by atoms with Crippen LogP contribution in [0.15, 0.2) is 18.2 Å². The number of para-hydroxylation sites is 1. The maximum absolute atomic E-state index is 12.8. The van der Waals surface area contributed by atoms with E-state index in [4.69, 9.17) is 0 Å². The highest BCUT2D eigenvalue weighted by molar-refractivity contribution is 5.89. The summed E-state index contributed by atoms with van der Waals surface area (Å²) in [6.07, 6.45) is -4.47. The predicted octanol–water partition coefficient (Wildman–Crippen LogP) is 3.58. The zero-order valence-electron chi connectivity index (χ0n) is 9.26. The molecule has 1 heterocycles. The second-order valence-electron chi connectivity index (χ2n) is 3.87. The summed E-state index contributed by atoms with van der Waals surface area (Å²) in [4.78, 5) is 3.92. The molecule has 0 unspecified atom stereocenters. The molecule has 0 saturated heterocycles. The molecule has 0 saturated carbocycles. The van der Waals surface area contributed by atoms with E-state index in [0.29, 0.717) is 11.3 Å². The van der Waals surface area contributed by atoms with Crippen LogP contribution in [0, 0.1) is 13.8 Å². The average Bonchev–Trinajstić information content (AvgIpc) is 2.24. The molecule has 0 atom stereocenters. The molecule has 0 spiro atoms. The molecular weight excluding hydrogens is 231 g/mol. The Morgan fingerprint density at radius 1 is 1.18 bits per heavy atom. The molecule has 2 rings (SSSR count). The van der Waals surface area contributed by atoms with E-state index in [1.54, 1.807) is 13.8 Å². The molecule has 90 valence electrons. The van der Waals surface area contributed by atoms with Gasteiger partial charge in [0.2, 0.25) is 0 Å². The minimum absolute atomic E-state index is 0.128. The molecule has 2 aromatic rings. The number of rotatable bonds is 0. The van der Waals surface area contributed by atoms with Crippen LogP contribution in [0.4, 0.5) is 13.2 Å². The first kappa shape index (κ1) is 11.7. The SMILES string of the molecule is Cc1nc2c(C(F)(F)F)cccc2c(O)c1C. The summed E-state index contributed by atoms with van der Waals surface area (Å²) in [5, 5.41) is 9.95. The van der Waals surface area contributed by atoms with Crippen LogP contribution in [0.25, 0.3) is 10.9 Å². The van der Waals surface area contributed by atoms with Gasteiger partial charge >= 0.3 is 6.18 Å². The standard InChI is InChI=1S/C12H10F3NO/c1-6-7(2)16-10-8(11(6)17)4-3-5-9(10)12(13,14)15/h3-5H,1-2H3,(H,16,17). The van der Waals surface area contributed by atoms with Gasteiger partial charge in [0.05, 0.1) is 11.1 Å². The molecule has 1 N–H and O–H groups in total. The zero-order valence-corrected chi connectivity index (χ0v) is 9.26. The fourth-order valence-electron chi connectivity index (χ4n) is 1.71. The Balaban J connectivity index is 2.92. The third kappa shape index (κ3) is 1.81. The van der Waals surface area contributed by atoms with Crippen molar-refractivity contribution >= 4 is 10.9 Å². The topological polar surface area (TPSA) is 33.1 Å². The average molecular weight is 241 g/mol. The molecule has 0 bridgehead atoms. The van der Waals surface area contributed by atoms with Crippen LogP contribution in [0.1, 0.15) is 16.8 Å². The van der Waals surface area contributed by atoms with E-state index in [9.17, 15) is 18.3 Å². The molecule has 0 aliphatic carbocycles. The van der Waals surface area contributed by atoms with E-state index >= 15 is 0 Å². The third-order valence-electron chi connectivity index (χ3n) is 2.77. The number of alkyl halides is 3. The fraction of sp³-hybridized carbons (Fsp3) is 0.250. The molecular formula is C12H10F3NO. The second kappa shape index (κ2) is 3.61. The van der Waals surface area contributed by atoms with Crippen molar-refractivity contribution in [2.24, 2.45) is 0 Å². The largest absolute Gasteiger partial charge is 0.507 e. The molecule has 1 aromatic heterocycles. The molecule has 0 amide bonds.